The highest BCUT2D eigenvalue weighted by Gasteiger charge is 2.51. The first kappa shape index (κ1) is 31.5. The van der Waals surface area contributed by atoms with E-state index in [1.807, 2.05) is 18.2 Å². The smallest absolute Gasteiger partial charge is 0.300 e. The molecule has 1 N–H and O–H groups in total. The molecule has 0 spiro atoms. The number of hydrogen-bond acceptors (Lipinski definition) is 6. The Balaban J connectivity index is 0.000000810. The zero-order chi connectivity index (χ0) is 31.1. The van der Waals surface area contributed by atoms with Crippen molar-refractivity contribution >= 4 is 21.5 Å². The van der Waals surface area contributed by atoms with Crippen molar-refractivity contribution in [1.29, 1.82) is 0 Å². The van der Waals surface area contributed by atoms with Crippen molar-refractivity contribution in [2.75, 3.05) is 51.2 Å². The van der Waals surface area contributed by atoms with Crippen LogP contribution in [0.4, 0.5) is 10.1 Å². The number of hydrogen-bond donors (Lipinski definition) is 1. The Labute approximate surface area is 262 Å². The Morgan fingerprint density at radius 3 is 2.18 bits per heavy atom. The zero-order valence-corrected chi connectivity index (χ0v) is 27.1. The predicted molar refractivity (Wildman–Crippen MR) is 171 cm³/mol. The second-order valence-corrected chi connectivity index (χ2v) is 16.3. The summed E-state index contributed by atoms with van der Waals surface area (Å²) >= 11 is 0. The molecule has 5 aliphatic rings. The van der Waals surface area contributed by atoms with Crippen LogP contribution in [-0.2, 0) is 26.6 Å². The largest absolute Gasteiger partial charge is 0.481 e. The topological polar surface area (TPSA) is 81.2 Å². The van der Waals surface area contributed by atoms with Crippen molar-refractivity contribution in [3.63, 3.8) is 0 Å². The van der Waals surface area contributed by atoms with Gasteiger partial charge in [-0.1, -0.05) is 18.9 Å². The lowest BCUT2D eigenvalue weighted by Crippen LogP contribution is -2.57. The number of piperidine rings is 1. The van der Waals surface area contributed by atoms with Gasteiger partial charge in [0.2, 0.25) is 0 Å². The van der Waals surface area contributed by atoms with Crippen molar-refractivity contribution < 1.29 is 22.7 Å². The average Bonchev–Trinajstić information content (AvgIpc) is 3.70. The number of likely N-dealkylation sites (tertiary alicyclic amines) is 1. The number of fused-ring (bicyclic) bond motifs is 1. The lowest BCUT2D eigenvalue weighted by atomic mass is 9.57. The van der Waals surface area contributed by atoms with Crippen LogP contribution in [0.1, 0.15) is 69.4 Å². The molecule has 2 saturated heterocycles. The van der Waals surface area contributed by atoms with E-state index in [1.54, 1.807) is 18.2 Å². The summed E-state index contributed by atoms with van der Waals surface area (Å²) in [5.41, 5.74) is 3.90. The van der Waals surface area contributed by atoms with Crippen LogP contribution in [0.3, 0.4) is 0 Å². The van der Waals surface area contributed by atoms with Gasteiger partial charge in [0.05, 0.1) is 10.1 Å². The normalized spacial score (nSPS) is 25.7. The van der Waals surface area contributed by atoms with E-state index < -0.39 is 15.8 Å². The van der Waals surface area contributed by atoms with Gasteiger partial charge >= 0.3 is 0 Å². The number of sulfone groups is 1. The molecule has 2 aliphatic carbocycles. The van der Waals surface area contributed by atoms with E-state index in [0.717, 1.165) is 71.3 Å². The van der Waals surface area contributed by atoms with Crippen molar-refractivity contribution in [2.45, 2.75) is 80.4 Å². The minimum absolute atomic E-state index is 0.0724. The minimum atomic E-state index is -3.12. The first-order chi connectivity index (χ1) is 21.1. The third-order valence-electron chi connectivity index (χ3n) is 10.9. The lowest BCUT2D eigenvalue weighted by Gasteiger charge is -2.54. The zero-order valence-electron chi connectivity index (χ0n) is 26.3. The maximum atomic E-state index is 14.6. The number of likely N-dealkylation sites (N-methyl/N-ethyl adjacent to an activating group) is 1. The summed E-state index contributed by atoms with van der Waals surface area (Å²) in [7, 11) is -0.861. The molecule has 1 atom stereocenters. The third-order valence-corrected chi connectivity index (χ3v) is 13.2. The molecule has 2 aromatic rings. The highest BCUT2D eigenvalue weighted by Crippen LogP contribution is 2.53. The number of benzene rings is 2. The van der Waals surface area contributed by atoms with Crippen molar-refractivity contribution in [2.24, 2.45) is 17.8 Å². The van der Waals surface area contributed by atoms with Gasteiger partial charge in [-0.05, 0) is 118 Å². The average molecular weight is 626 g/mol. The summed E-state index contributed by atoms with van der Waals surface area (Å²) in [6.07, 6.45) is 9.22. The van der Waals surface area contributed by atoms with E-state index in [1.165, 1.54) is 49.7 Å². The Bertz CT molecular complexity index is 1420. The standard InChI is InChI=1S/C33H44FN3O2S.C2H4O2/c1-35-22-25-6-7-28(34)18-32(25)33(23-35,26-4-2-3-5-26)27-14-16-36(17-15-27)19-24-20-37(21-24)29-8-10-30(11-9-29)40(38,39)31-12-13-31;1-2(3)4/h6-11,18,24,26-27,31H,2-5,12-17,19-23H2,1H3;1H3,(H,3,4). The molecule has 2 aromatic carbocycles. The molecule has 7 nitrogen and oxygen atoms in total. The van der Waals surface area contributed by atoms with E-state index in [-0.39, 0.29) is 16.5 Å². The molecule has 0 bridgehead atoms. The molecule has 3 aliphatic heterocycles. The molecule has 44 heavy (non-hydrogen) atoms. The number of halogens is 1. The molecule has 0 radical (unpaired) electrons. The van der Waals surface area contributed by atoms with Crippen molar-refractivity contribution in [3.8, 4) is 0 Å². The maximum absolute atomic E-state index is 14.6. The first-order valence-corrected chi connectivity index (χ1v) is 18.1. The summed E-state index contributed by atoms with van der Waals surface area (Å²) in [4.78, 5) is 17.0. The highest BCUT2D eigenvalue weighted by atomic mass is 32.2. The van der Waals surface area contributed by atoms with E-state index in [2.05, 4.69) is 27.8 Å². The van der Waals surface area contributed by atoms with Gasteiger partial charge in [-0.15, -0.1) is 0 Å². The number of carboxylic acid groups (broad SMARTS) is 1. The van der Waals surface area contributed by atoms with Crippen LogP contribution in [0.15, 0.2) is 47.4 Å². The van der Waals surface area contributed by atoms with Crippen LogP contribution < -0.4 is 4.90 Å². The molecule has 9 heteroatoms. The van der Waals surface area contributed by atoms with E-state index in [9.17, 15) is 12.8 Å². The summed E-state index contributed by atoms with van der Waals surface area (Å²) in [5, 5.41) is 7.26. The SMILES string of the molecule is CC(=O)O.CN1Cc2ccc(F)cc2C(C2CCCC2)(C2CCN(CC3CN(c4ccc(S(=O)(=O)C5CC5)cc4)C3)CC2)C1. The Hall–Kier alpha value is -2.49. The number of aliphatic carboxylic acids is 1. The van der Waals surface area contributed by atoms with E-state index >= 15 is 0 Å². The quantitative estimate of drug-likeness (QED) is 0.431. The second kappa shape index (κ2) is 12.7. The number of anilines is 1. The monoisotopic (exact) mass is 625 g/mol. The fourth-order valence-corrected chi connectivity index (χ4v) is 10.4. The van der Waals surface area contributed by atoms with Crippen molar-refractivity contribution in [1.82, 2.24) is 9.80 Å². The number of nitrogens with zero attached hydrogens (tertiary/aromatic N) is 3. The molecular formula is C35H48FN3O4S. The van der Waals surface area contributed by atoms with Gasteiger partial charge in [-0.25, -0.2) is 12.8 Å². The molecule has 4 fully saturated rings. The Morgan fingerprint density at radius 2 is 1.57 bits per heavy atom. The Morgan fingerprint density at radius 1 is 0.955 bits per heavy atom. The Kier molecular flexibility index (Phi) is 9.10. The lowest BCUT2D eigenvalue weighted by molar-refractivity contribution is -0.134. The van der Waals surface area contributed by atoms with Gasteiger partial charge in [0.15, 0.2) is 9.84 Å². The summed E-state index contributed by atoms with van der Waals surface area (Å²) in [5.74, 6) is 1.03. The fraction of sp³-hybridized carbons (Fsp3) is 0.629. The molecular weight excluding hydrogens is 577 g/mol. The molecule has 3 heterocycles. The van der Waals surface area contributed by atoms with Crippen LogP contribution in [0.5, 0.6) is 0 Å². The van der Waals surface area contributed by atoms with Gasteiger partial charge in [-0.3, -0.25) is 4.79 Å². The van der Waals surface area contributed by atoms with Crippen LogP contribution in [0.25, 0.3) is 0 Å². The van der Waals surface area contributed by atoms with E-state index in [0.29, 0.717) is 22.6 Å². The second-order valence-electron chi connectivity index (χ2n) is 14.1. The van der Waals surface area contributed by atoms with Gasteiger partial charge in [0.25, 0.3) is 5.97 Å². The summed E-state index contributed by atoms with van der Waals surface area (Å²) in [6, 6.07) is 13.2. The van der Waals surface area contributed by atoms with Gasteiger partial charge in [-0.2, -0.15) is 0 Å². The minimum Gasteiger partial charge on any atom is -0.481 e. The molecule has 1 unspecified atom stereocenters. The van der Waals surface area contributed by atoms with Crippen LogP contribution in [0.2, 0.25) is 0 Å². The maximum Gasteiger partial charge on any atom is 0.300 e. The molecule has 0 aromatic heterocycles. The third kappa shape index (κ3) is 6.42. The van der Waals surface area contributed by atoms with Gasteiger partial charge < -0.3 is 19.8 Å². The van der Waals surface area contributed by atoms with Crippen LogP contribution in [-0.4, -0.2) is 80.9 Å². The van der Waals surface area contributed by atoms with Gasteiger partial charge in [0, 0.05) is 56.7 Å². The van der Waals surface area contributed by atoms with Crippen molar-refractivity contribution in [3.05, 3.63) is 59.4 Å². The molecule has 7 rings (SSSR count). The highest BCUT2D eigenvalue weighted by molar-refractivity contribution is 7.92. The van der Waals surface area contributed by atoms with E-state index in [4.69, 9.17) is 9.90 Å². The molecule has 240 valence electrons. The van der Waals surface area contributed by atoms with Crippen LogP contribution in [0, 0.1) is 23.6 Å². The summed E-state index contributed by atoms with van der Waals surface area (Å²) < 4.78 is 39.7. The molecule has 2 saturated carbocycles. The predicted octanol–water partition coefficient (Wildman–Crippen LogP) is 5.57. The fourth-order valence-electron chi connectivity index (χ4n) is 8.78. The molecule has 0 amide bonds. The summed E-state index contributed by atoms with van der Waals surface area (Å²) in [6.45, 7) is 8.57. The van der Waals surface area contributed by atoms with Gasteiger partial charge in [0.1, 0.15) is 5.82 Å². The first-order valence-electron chi connectivity index (χ1n) is 16.5. The number of carboxylic acids is 1. The van der Waals surface area contributed by atoms with Crippen LogP contribution >= 0.6 is 0 Å². The number of carbonyl (C=O) groups is 1. The number of rotatable bonds is 7.